The quantitative estimate of drug-likeness (QED) is 0.583. The lowest BCUT2D eigenvalue weighted by molar-refractivity contribution is -0.127. The van der Waals surface area contributed by atoms with E-state index in [0.29, 0.717) is 6.54 Å². The first-order valence-electron chi connectivity index (χ1n) is 6.52. The molecule has 2 rings (SSSR count). The summed E-state index contributed by atoms with van der Waals surface area (Å²) in [7, 11) is 0. The van der Waals surface area contributed by atoms with Crippen LogP contribution in [0.15, 0.2) is 24.3 Å². The average molecular weight is 373 g/mol. The lowest BCUT2D eigenvalue weighted by Crippen LogP contribution is -2.38. The molecule has 1 atom stereocenters. The van der Waals surface area contributed by atoms with Crippen LogP contribution in [-0.4, -0.2) is 21.3 Å². The summed E-state index contributed by atoms with van der Waals surface area (Å²) in [4.78, 5) is 14.0. The number of halogens is 2. The Balaban J connectivity index is 2.48. The fourth-order valence-corrected chi connectivity index (χ4v) is 2.99. The third-order valence-electron chi connectivity index (χ3n) is 3.38. The van der Waals surface area contributed by atoms with Crippen LogP contribution in [0.25, 0.3) is 5.70 Å². The lowest BCUT2D eigenvalue weighted by Gasteiger charge is -2.31. The minimum Gasteiger partial charge on any atom is -0.311 e. The summed E-state index contributed by atoms with van der Waals surface area (Å²) in [6.45, 7) is 4.61. The van der Waals surface area contributed by atoms with Crippen LogP contribution >= 0.6 is 22.6 Å². The van der Waals surface area contributed by atoms with Gasteiger partial charge in [-0.15, -0.1) is 0 Å². The number of alkyl halides is 1. The van der Waals surface area contributed by atoms with Crippen LogP contribution in [0.5, 0.6) is 0 Å². The van der Waals surface area contributed by atoms with Gasteiger partial charge in [-0.25, -0.2) is 4.39 Å². The van der Waals surface area contributed by atoms with Gasteiger partial charge in [0.2, 0.25) is 5.91 Å². The Morgan fingerprint density at radius 2 is 2.16 bits per heavy atom. The normalized spacial score (nSPS) is 19.6. The zero-order valence-electron chi connectivity index (χ0n) is 11.1. The second kappa shape index (κ2) is 6.03. The highest BCUT2D eigenvalue weighted by atomic mass is 127. The summed E-state index contributed by atoms with van der Waals surface area (Å²) in [5, 5.41) is 0. The van der Waals surface area contributed by atoms with Gasteiger partial charge in [0.1, 0.15) is 5.82 Å². The van der Waals surface area contributed by atoms with Crippen molar-refractivity contribution in [3.8, 4) is 0 Å². The molecule has 1 heterocycles. The van der Waals surface area contributed by atoms with Crippen LogP contribution in [0, 0.1) is 5.82 Å². The van der Waals surface area contributed by atoms with Crippen molar-refractivity contribution in [2.75, 3.05) is 6.54 Å². The van der Waals surface area contributed by atoms with Gasteiger partial charge in [0.05, 0.1) is 3.92 Å². The van der Waals surface area contributed by atoms with E-state index in [4.69, 9.17) is 0 Å². The van der Waals surface area contributed by atoms with E-state index in [2.05, 4.69) is 28.7 Å². The molecule has 19 heavy (non-hydrogen) atoms. The number of benzene rings is 1. The molecule has 1 unspecified atom stereocenters. The monoisotopic (exact) mass is 373 g/mol. The molecule has 1 amide bonds. The minimum atomic E-state index is -0.224. The van der Waals surface area contributed by atoms with E-state index in [1.165, 1.54) is 6.07 Å². The van der Waals surface area contributed by atoms with Crippen LogP contribution < -0.4 is 0 Å². The summed E-state index contributed by atoms with van der Waals surface area (Å²) in [6.07, 6.45) is 3.59. The van der Waals surface area contributed by atoms with Gasteiger partial charge < -0.3 is 4.90 Å². The van der Waals surface area contributed by atoms with Crippen LogP contribution in [0.1, 0.15) is 31.4 Å². The van der Waals surface area contributed by atoms with Gasteiger partial charge in [-0.3, -0.25) is 4.79 Å². The number of amides is 1. The van der Waals surface area contributed by atoms with E-state index in [0.717, 1.165) is 29.7 Å². The molecular weight excluding hydrogens is 356 g/mol. The van der Waals surface area contributed by atoms with E-state index in [9.17, 15) is 9.18 Å². The van der Waals surface area contributed by atoms with E-state index < -0.39 is 0 Å². The van der Waals surface area contributed by atoms with Crippen LogP contribution in [-0.2, 0) is 11.2 Å². The molecule has 0 N–H and O–H groups in total. The first-order chi connectivity index (χ1) is 9.08. The molecule has 0 aromatic heterocycles. The molecule has 0 radical (unpaired) electrons. The standard InChI is InChI=1S/C15H17FINO/c1-3-10-9-11(16)5-6-12(10)14-8-7-13(17)15(19)18(14)4-2/h5-6,8-9,13H,3-4,7H2,1-2H3. The van der Waals surface area contributed by atoms with Gasteiger partial charge in [0, 0.05) is 17.8 Å². The van der Waals surface area contributed by atoms with Crippen molar-refractivity contribution in [1.82, 2.24) is 4.90 Å². The summed E-state index contributed by atoms with van der Waals surface area (Å²) in [5.74, 6) is -0.0786. The maximum atomic E-state index is 13.3. The molecule has 0 spiro atoms. The van der Waals surface area contributed by atoms with E-state index in [1.54, 1.807) is 17.0 Å². The molecule has 1 aliphatic rings. The summed E-state index contributed by atoms with van der Waals surface area (Å²) >= 11 is 2.18. The number of hydrogen-bond acceptors (Lipinski definition) is 1. The molecule has 2 nitrogen and oxygen atoms in total. The zero-order chi connectivity index (χ0) is 14.0. The number of nitrogens with zero attached hydrogens (tertiary/aromatic N) is 1. The summed E-state index contributed by atoms with van der Waals surface area (Å²) in [5.41, 5.74) is 2.85. The van der Waals surface area contributed by atoms with Gasteiger partial charge in [-0.1, -0.05) is 35.6 Å². The van der Waals surface area contributed by atoms with Crippen molar-refractivity contribution >= 4 is 34.2 Å². The van der Waals surface area contributed by atoms with Gasteiger partial charge in [0.25, 0.3) is 0 Å². The third-order valence-corrected chi connectivity index (χ3v) is 4.42. The summed E-state index contributed by atoms with van der Waals surface area (Å²) in [6, 6.07) is 4.80. The Hall–Kier alpha value is -0.910. The molecule has 1 aromatic rings. The predicted octanol–water partition coefficient (Wildman–Crippen LogP) is 3.78. The van der Waals surface area contributed by atoms with Crippen LogP contribution in [0.4, 0.5) is 4.39 Å². The van der Waals surface area contributed by atoms with E-state index in [1.807, 2.05) is 13.8 Å². The largest absolute Gasteiger partial charge is 0.311 e. The first kappa shape index (κ1) is 14.5. The number of rotatable bonds is 3. The van der Waals surface area contributed by atoms with Crippen molar-refractivity contribution in [1.29, 1.82) is 0 Å². The maximum Gasteiger partial charge on any atom is 0.240 e. The number of aryl methyl sites for hydroxylation is 1. The molecule has 102 valence electrons. The number of carbonyl (C=O) groups excluding carboxylic acids is 1. The van der Waals surface area contributed by atoms with Crippen LogP contribution in [0.2, 0.25) is 0 Å². The number of allylic oxidation sites excluding steroid dienone is 1. The Kier molecular flexibility index (Phi) is 4.60. The molecule has 4 heteroatoms. The lowest BCUT2D eigenvalue weighted by atomic mass is 9.98. The van der Waals surface area contributed by atoms with Gasteiger partial charge in [-0.05, 0) is 43.5 Å². The smallest absolute Gasteiger partial charge is 0.240 e. The van der Waals surface area contributed by atoms with Crippen molar-refractivity contribution < 1.29 is 9.18 Å². The minimum absolute atomic E-state index is 0.00632. The molecule has 0 saturated heterocycles. The van der Waals surface area contributed by atoms with Crippen molar-refractivity contribution in [2.45, 2.75) is 30.6 Å². The second-order valence-electron chi connectivity index (χ2n) is 4.53. The highest BCUT2D eigenvalue weighted by Gasteiger charge is 2.28. The Morgan fingerprint density at radius 1 is 1.42 bits per heavy atom. The molecular formula is C15H17FINO. The molecule has 0 bridgehead atoms. The Labute approximate surface area is 126 Å². The summed E-state index contributed by atoms with van der Waals surface area (Å²) < 4.78 is 13.3. The molecule has 0 fully saturated rings. The number of carbonyl (C=O) groups is 1. The van der Waals surface area contributed by atoms with Gasteiger partial charge >= 0.3 is 0 Å². The zero-order valence-corrected chi connectivity index (χ0v) is 13.3. The fraction of sp³-hybridized carbons (Fsp3) is 0.400. The van der Waals surface area contributed by atoms with Gasteiger partial charge in [0.15, 0.2) is 0 Å². The predicted molar refractivity (Wildman–Crippen MR) is 83.6 cm³/mol. The molecule has 1 aromatic carbocycles. The topological polar surface area (TPSA) is 20.3 Å². The number of hydrogen-bond donors (Lipinski definition) is 0. The third kappa shape index (κ3) is 2.83. The maximum absolute atomic E-state index is 13.3. The van der Waals surface area contributed by atoms with Gasteiger partial charge in [-0.2, -0.15) is 0 Å². The average Bonchev–Trinajstić information content (AvgIpc) is 2.41. The second-order valence-corrected chi connectivity index (χ2v) is 6.03. The van der Waals surface area contributed by atoms with Crippen molar-refractivity contribution in [2.24, 2.45) is 0 Å². The van der Waals surface area contributed by atoms with Crippen molar-refractivity contribution in [3.63, 3.8) is 0 Å². The molecule has 0 saturated carbocycles. The first-order valence-corrected chi connectivity index (χ1v) is 7.77. The molecule has 0 aliphatic carbocycles. The highest BCUT2D eigenvalue weighted by molar-refractivity contribution is 14.1. The fourth-order valence-electron chi connectivity index (χ4n) is 2.40. The highest BCUT2D eigenvalue weighted by Crippen LogP contribution is 2.31. The molecule has 1 aliphatic heterocycles. The van der Waals surface area contributed by atoms with E-state index >= 15 is 0 Å². The van der Waals surface area contributed by atoms with E-state index in [-0.39, 0.29) is 15.6 Å². The Bertz CT molecular complexity index is 527. The Morgan fingerprint density at radius 3 is 2.79 bits per heavy atom. The van der Waals surface area contributed by atoms with Crippen LogP contribution in [0.3, 0.4) is 0 Å². The van der Waals surface area contributed by atoms with Crippen molar-refractivity contribution in [3.05, 3.63) is 41.2 Å². The SMILES string of the molecule is CCc1cc(F)ccc1C1=CCC(I)C(=O)N1CC.